The van der Waals surface area contributed by atoms with Crippen LogP contribution in [0.3, 0.4) is 0 Å². The van der Waals surface area contributed by atoms with Crippen LogP contribution < -0.4 is 4.90 Å². The minimum Gasteiger partial charge on any atom is -0.396 e. The number of nitrogens with zero attached hydrogens (tertiary/aromatic N) is 3. The van der Waals surface area contributed by atoms with Crippen molar-refractivity contribution in [3.05, 3.63) is 52.0 Å². The van der Waals surface area contributed by atoms with Gasteiger partial charge in [-0.15, -0.1) is 0 Å². The molecule has 1 aliphatic heterocycles. The topological polar surface area (TPSA) is 41.3 Å². The standard InChI is InChI=1S/C23H27Cl2N3O/c1-3-6-15(4-2)18-7-5-8-20-22(18)27-14-17(11-12-29)28(23(27)26-20)21-10-9-16(24)13-19(21)25/h5,7-10,13,15,17,29H,3-4,6,11-12,14H2,1-2H3. The van der Waals surface area contributed by atoms with Gasteiger partial charge in [0.15, 0.2) is 0 Å². The Balaban J connectivity index is 1.89. The van der Waals surface area contributed by atoms with Gasteiger partial charge < -0.3 is 14.6 Å². The minimum atomic E-state index is 0.102. The predicted octanol–water partition coefficient (Wildman–Crippen LogP) is 6.54. The molecule has 0 radical (unpaired) electrons. The molecule has 2 unspecified atom stereocenters. The first-order chi connectivity index (χ1) is 14.1. The average Bonchev–Trinajstić information content (AvgIpc) is 3.22. The molecule has 4 rings (SSSR count). The fraction of sp³-hybridized carbons (Fsp3) is 0.435. The number of para-hydroxylation sites is 1. The SMILES string of the molecule is CCCC(CC)c1cccc2nc3n(c12)CC(CCO)N3c1ccc(Cl)cc1Cl. The Kier molecular flexibility index (Phi) is 6.05. The van der Waals surface area contributed by atoms with Gasteiger partial charge in [-0.05, 0) is 55.0 Å². The second kappa shape index (κ2) is 8.55. The van der Waals surface area contributed by atoms with E-state index in [-0.39, 0.29) is 12.6 Å². The Hall–Kier alpha value is -1.75. The zero-order chi connectivity index (χ0) is 20.5. The summed E-state index contributed by atoms with van der Waals surface area (Å²) in [5, 5.41) is 10.9. The summed E-state index contributed by atoms with van der Waals surface area (Å²) in [6.07, 6.45) is 4.09. The number of hydrogen-bond acceptors (Lipinski definition) is 3. The number of halogens is 2. The zero-order valence-corrected chi connectivity index (χ0v) is 18.4. The number of hydrogen-bond donors (Lipinski definition) is 1. The van der Waals surface area contributed by atoms with Crippen LogP contribution in [-0.4, -0.2) is 27.3 Å². The van der Waals surface area contributed by atoms with Gasteiger partial charge in [0.25, 0.3) is 0 Å². The molecule has 1 N–H and O–H groups in total. The summed E-state index contributed by atoms with van der Waals surface area (Å²) in [6.45, 7) is 5.40. The Morgan fingerprint density at radius 2 is 2.03 bits per heavy atom. The Labute approximate surface area is 182 Å². The molecule has 3 aromatic rings. The molecular weight excluding hydrogens is 405 g/mol. The quantitative estimate of drug-likeness (QED) is 0.461. The van der Waals surface area contributed by atoms with Crippen molar-refractivity contribution in [2.45, 2.75) is 58.0 Å². The summed E-state index contributed by atoms with van der Waals surface area (Å²) >= 11 is 12.7. The van der Waals surface area contributed by atoms with E-state index in [1.54, 1.807) is 6.07 Å². The monoisotopic (exact) mass is 431 g/mol. The largest absolute Gasteiger partial charge is 0.396 e. The summed E-state index contributed by atoms with van der Waals surface area (Å²) in [4.78, 5) is 7.17. The second-order valence-electron chi connectivity index (χ2n) is 7.76. The third-order valence-corrected chi connectivity index (χ3v) is 6.49. The van der Waals surface area contributed by atoms with Crippen molar-refractivity contribution in [3.8, 4) is 0 Å². The third kappa shape index (κ3) is 3.63. The van der Waals surface area contributed by atoms with E-state index >= 15 is 0 Å². The van der Waals surface area contributed by atoms with Gasteiger partial charge in [0, 0.05) is 18.2 Å². The van der Waals surface area contributed by atoms with Gasteiger partial charge in [-0.1, -0.05) is 55.6 Å². The molecule has 0 saturated heterocycles. The molecule has 0 aliphatic carbocycles. The van der Waals surface area contributed by atoms with E-state index in [2.05, 4.69) is 41.5 Å². The van der Waals surface area contributed by atoms with E-state index < -0.39 is 0 Å². The first-order valence-electron chi connectivity index (χ1n) is 10.4. The lowest BCUT2D eigenvalue weighted by Crippen LogP contribution is -2.29. The van der Waals surface area contributed by atoms with Crippen LogP contribution in [0.25, 0.3) is 11.0 Å². The van der Waals surface area contributed by atoms with E-state index in [0.717, 1.165) is 36.5 Å². The summed E-state index contributed by atoms with van der Waals surface area (Å²) in [6, 6.07) is 12.1. The maximum atomic E-state index is 9.67. The highest BCUT2D eigenvalue weighted by atomic mass is 35.5. The molecular formula is C23H27Cl2N3O. The molecule has 0 spiro atoms. The fourth-order valence-corrected chi connectivity index (χ4v) is 5.12. The molecule has 0 bridgehead atoms. The highest BCUT2D eigenvalue weighted by molar-refractivity contribution is 6.36. The number of rotatable bonds is 7. The van der Waals surface area contributed by atoms with Gasteiger partial charge in [0.1, 0.15) is 0 Å². The lowest BCUT2D eigenvalue weighted by molar-refractivity contribution is 0.274. The lowest BCUT2D eigenvalue weighted by Gasteiger charge is -2.25. The Morgan fingerprint density at radius 1 is 1.21 bits per heavy atom. The summed E-state index contributed by atoms with van der Waals surface area (Å²) in [5.41, 5.74) is 4.49. The Bertz CT molecular complexity index is 1020. The van der Waals surface area contributed by atoms with Crippen LogP contribution in [0.15, 0.2) is 36.4 Å². The second-order valence-corrected chi connectivity index (χ2v) is 8.61. The van der Waals surface area contributed by atoms with Crippen molar-refractivity contribution in [3.63, 3.8) is 0 Å². The van der Waals surface area contributed by atoms with Crippen molar-refractivity contribution in [1.82, 2.24) is 9.55 Å². The van der Waals surface area contributed by atoms with E-state index in [4.69, 9.17) is 28.2 Å². The summed E-state index contributed by atoms with van der Waals surface area (Å²) in [5.74, 6) is 1.41. The number of imidazole rings is 1. The van der Waals surface area contributed by atoms with Crippen LogP contribution in [0.2, 0.25) is 10.0 Å². The van der Waals surface area contributed by atoms with E-state index in [9.17, 15) is 5.11 Å². The predicted molar refractivity (Wildman–Crippen MR) is 122 cm³/mol. The lowest BCUT2D eigenvalue weighted by atomic mass is 9.91. The summed E-state index contributed by atoms with van der Waals surface area (Å²) in [7, 11) is 0. The van der Waals surface area contributed by atoms with Crippen LogP contribution >= 0.6 is 23.2 Å². The van der Waals surface area contributed by atoms with Gasteiger partial charge >= 0.3 is 0 Å². The first-order valence-corrected chi connectivity index (χ1v) is 11.2. The third-order valence-electron chi connectivity index (χ3n) is 5.95. The molecule has 2 atom stereocenters. The van der Waals surface area contributed by atoms with Crippen LogP contribution in [0.4, 0.5) is 11.6 Å². The number of aliphatic hydroxyl groups excluding tert-OH is 1. The van der Waals surface area contributed by atoms with Crippen LogP contribution in [0.5, 0.6) is 0 Å². The minimum absolute atomic E-state index is 0.102. The zero-order valence-electron chi connectivity index (χ0n) is 16.9. The molecule has 4 nitrogen and oxygen atoms in total. The van der Waals surface area contributed by atoms with Gasteiger partial charge in [0.05, 0.1) is 27.8 Å². The first kappa shape index (κ1) is 20.5. The molecule has 0 fully saturated rings. The smallest absolute Gasteiger partial charge is 0.211 e. The van der Waals surface area contributed by atoms with Crippen molar-refractivity contribution in [1.29, 1.82) is 0 Å². The van der Waals surface area contributed by atoms with Crippen LogP contribution in [0, 0.1) is 0 Å². The molecule has 1 aromatic heterocycles. The summed E-state index contributed by atoms with van der Waals surface area (Å²) < 4.78 is 2.31. The van der Waals surface area contributed by atoms with E-state index in [0.29, 0.717) is 22.4 Å². The number of aliphatic hydroxyl groups is 1. The maximum Gasteiger partial charge on any atom is 0.211 e. The number of aromatic nitrogens is 2. The van der Waals surface area contributed by atoms with Crippen molar-refractivity contribution >= 4 is 45.9 Å². The van der Waals surface area contributed by atoms with Gasteiger partial charge in [0.2, 0.25) is 5.95 Å². The molecule has 2 heterocycles. The van der Waals surface area contributed by atoms with Gasteiger partial charge in [-0.3, -0.25) is 0 Å². The van der Waals surface area contributed by atoms with Crippen LogP contribution in [-0.2, 0) is 6.54 Å². The fourth-order valence-electron chi connectivity index (χ4n) is 4.62. The number of anilines is 2. The van der Waals surface area contributed by atoms with E-state index in [1.807, 2.05) is 12.1 Å². The normalized spacial score (nSPS) is 17.1. The Morgan fingerprint density at radius 3 is 2.72 bits per heavy atom. The average molecular weight is 432 g/mol. The molecule has 0 saturated carbocycles. The van der Waals surface area contributed by atoms with Gasteiger partial charge in [-0.25, -0.2) is 4.98 Å². The highest BCUT2D eigenvalue weighted by Gasteiger charge is 2.35. The number of fused-ring (bicyclic) bond motifs is 3. The molecule has 0 amide bonds. The molecule has 154 valence electrons. The maximum absolute atomic E-state index is 9.67. The van der Waals surface area contributed by atoms with Crippen LogP contribution in [0.1, 0.15) is 51.0 Å². The highest BCUT2D eigenvalue weighted by Crippen LogP contribution is 2.43. The molecule has 2 aromatic carbocycles. The van der Waals surface area contributed by atoms with Crippen molar-refractivity contribution < 1.29 is 5.11 Å². The number of benzene rings is 2. The van der Waals surface area contributed by atoms with Crippen molar-refractivity contribution in [2.24, 2.45) is 0 Å². The van der Waals surface area contributed by atoms with Crippen molar-refractivity contribution in [2.75, 3.05) is 11.5 Å². The van der Waals surface area contributed by atoms with Gasteiger partial charge in [-0.2, -0.15) is 0 Å². The molecule has 1 aliphatic rings. The molecule has 6 heteroatoms. The molecule has 29 heavy (non-hydrogen) atoms. The van der Waals surface area contributed by atoms with E-state index in [1.165, 1.54) is 17.5 Å².